The number of rotatable bonds is 12. The van der Waals surface area contributed by atoms with Crippen LogP contribution in [0.25, 0.3) is 0 Å². The van der Waals surface area contributed by atoms with E-state index in [1.807, 2.05) is 0 Å². The standard InChI is InChI=1S/C20H40N2/c1-2-3-4-5-6-7-8-9-10-15-20(21-16-11-12-17-21)22-18-13-14-19-22/h20H,2-19H2,1H3. The van der Waals surface area contributed by atoms with Crippen LogP contribution in [0.1, 0.15) is 96.8 Å². The van der Waals surface area contributed by atoms with E-state index in [1.54, 1.807) is 0 Å². The maximum Gasteiger partial charge on any atom is 0.0622 e. The van der Waals surface area contributed by atoms with Crippen molar-refractivity contribution < 1.29 is 0 Å². The van der Waals surface area contributed by atoms with Crippen molar-refractivity contribution in [3.8, 4) is 0 Å². The molecule has 2 nitrogen and oxygen atoms in total. The summed E-state index contributed by atoms with van der Waals surface area (Å²) in [5.74, 6) is 0. The van der Waals surface area contributed by atoms with Gasteiger partial charge in [0.1, 0.15) is 0 Å². The predicted molar refractivity (Wildman–Crippen MR) is 97.2 cm³/mol. The van der Waals surface area contributed by atoms with Gasteiger partial charge in [-0.3, -0.25) is 9.80 Å². The Morgan fingerprint density at radius 1 is 0.591 bits per heavy atom. The third-order valence-electron chi connectivity index (χ3n) is 5.69. The fourth-order valence-corrected chi connectivity index (χ4v) is 4.31. The van der Waals surface area contributed by atoms with E-state index in [2.05, 4.69) is 16.7 Å². The Kier molecular flexibility index (Phi) is 9.51. The molecule has 0 amide bonds. The van der Waals surface area contributed by atoms with Gasteiger partial charge in [-0.15, -0.1) is 0 Å². The summed E-state index contributed by atoms with van der Waals surface area (Å²) in [6.07, 6.45) is 21.0. The molecule has 2 heteroatoms. The molecule has 2 saturated heterocycles. The van der Waals surface area contributed by atoms with Crippen LogP contribution < -0.4 is 0 Å². The summed E-state index contributed by atoms with van der Waals surface area (Å²) >= 11 is 0. The third kappa shape index (κ3) is 6.58. The van der Waals surface area contributed by atoms with Gasteiger partial charge in [-0.1, -0.05) is 64.7 Å². The Labute approximate surface area is 139 Å². The molecule has 22 heavy (non-hydrogen) atoms. The molecule has 2 fully saturated rings. The maximum atomic E-state index is 2.79. The topological polar surface area (TPSA) is 6.48 Å². The van der Waals surface area contributed by atoms with Gasteiger partial charge in [0.15, 0.2) is 0 Å². The fraction of sp³-hybridized carbons (Fsp3) is 1.00. The van der Waals surface area contributed by atoms with Crippen molar-refractivity contribution in [1.29, 1.82) is 0 Å². The van der Waals surface area contributed by atoms with E-state index in [1.165, 1.54) is 116 Å². The number of nitrogens with zero attached hydrogens (tertiary/aromatic N) is 2. The lowest BCUT2D eigenvalue weighted by Crippen LogP contribution is -2.45. The maximum absolute atomic E-state index is 2.79. The molecular formula is C20H40N2. The number of hydrogen-bond acceptors (Lipinski definition) is 2. The lowest BCUT2D eigenvalue weighted by molar-refractivity contribution is 0.0697. The van der Waals surface area contributed by atoms with Crippen molar-refractivity contribution in [3.05, 3.63) is 0 Å². The lowest BCUT2D eigenvalue weighted by atomic mass is 10.1. The summed E-state index contributed by atoms with van der Waals surface area (Å²) in [5, 5.41) is 0. The number of hydrogen-bond donors (Lipinski definition) is 0. The van der Waals surface area contributed by atoms with Crippen LogP contribution in [0.3, 0.4) is 0 Å². The average molecular weight is 309 g/mol. The molecular weight excluding hydrogens is 268 g/mol. The molecule has 0 aromatic carbocycles. The molecule has 0 aliphatic carbocycles. The van der Waals surface area contributed by atoms with Gasteiger partial charge in [-0.2, -0.15) is 0 Å². The Morgan fingerprint density at radius 2 is 1.00 bits per heavy atom. The molecule has 0 unspecified atom stereocenters. The van der Waals surface area contributed by atoms with Crippen LogP contribution >= 0.6 is 0 Å². The quantitative estimate of drug-likeness (QED) is 0.444. The van der Waals surface area contributed by atoms with Crippen molar-refractivity contribution in [2.24, 2.45) is 0 Å². The Hall–Kier alpha value is -0.0800. The summed E-state index contributed by atoms with van der Waals surface area (Å²) in [5.41, 5.74) is 0. The van der Waals surface area contributed by atoms with Crippen LogP contribution in [0.4, 0.5) is 0 Å². The monoisotopic (exact) mass is 308 g/mol. The molecule has 0 atom stereocenters. The second-order valence-corrected chi connectivity index (χ2v) is 7.58. The highest BCUT2D eigenvalue weighted by atomic mass is 15.4. The van der Waals surface area contributed by atoms with E-state index in [0.29, 0.717) is 0 Å². The molecule has 0 radical (unpaired) electrons. The summed E-state index contributed by atoms with van der Waals surface area (Å²) in [6.45, 7) is 7.74. The van der Waals surface area contributed by atoms with E-state index in [4.69, 9.17) is 0 Å². The fourth-order valence-electron chi connectivity index (χ4n) is 4.31. The normalized spacial score (nSPS) is 20.5. The third-order valence-corrected chi connectivity index (χ3v) is 5.69. The van der Waals surface area contributed by atoms with Gasteiger partial charge in [0.05, 0.1) is 6.17 Å². The van der Waals surface area contributed by atoms with Crippen molar-refractivity contribution >= 4 is 0 Å². The molecule has 0 saturated carbocycles. The van der Waals surface area contributed by atoms with Gasteiger partial charge >= 0.3 is 0 Å². The highest BCUT2D eigenvalue weighted by Crippen LogP contribution is 2.23. The summed E-state index contributed by atoms with van der Waals surface area (Å²) in [7, 11) is 0. The lowest BCUT2D eigenvalue weighted by Gasteiger charge is -2.35. The van der Waals surface area contributed by atoms with Crippen LogP contribution in [0.15, 0.2) is 0 Å². The Morgan fingerprint density at radius 3 is 1.45 bits per heavy atom. The van der Waals surface area contributed by atoms with Crippen molar-refractivity contribution in [1.82, 2.24) is 9.80 Å². The van der Waals surface area contributed by atoms with E-state index < -0.39 is 0 Å². The van der Waals surface area contributed by atoms with Gasteiger partial charge in [0, 0.05) is 0 Å². The Bertz CT molecular complexity index is 238. The molecule has 0 N–H and O–H groups in total. The zero-order chi connectivity index (χ0) is 15.5. The number of likely N-dealkylation sites (tertiary alicyclic amines) is 2. The summed E-state index contributed by atoms with van der Waals surface area (Å²) in [4.78, 5) is 5.58. The molecule has 0 aromatic rings. The van der Waals surface area contributed by atoms with Gasteiger partial charge in [0.2, 0.25) is 0 Å². The number of unbranched alkanes of at least 4 members (excludes halogenated alkanes) is 8. The summed E-state index contributed by atoms with van der Waals surface area (Å²) < 4.78 is 0. The van der Waals surface area contributed by atoms with E-state index in [-0.39, 0.29) is 0 Å². The van der Waals surface area contributed by atoms with Crippen LogP contribution in [-0.2, 0) is 0 Å². The van der Waals surface area contributed by atoms with Gasteiger partial charge in [0.25, 0.3) is 0 Å². The van der Waals surface area contributed by atoms with E-state index in [9.17, 15) is 0 Å². The van der Waals surface area contributed by atoms with Crippen LogP contribution in [-0.4, -0.2) is 42.1 Å². The highest BCUT2D eigenvalue weighted by molar-refractivity contribution is 4.80. The first kappa shape index (κ1) is 18.3. The van der Waals surface area contributed by atoms with Gasteiger partial charge in [-0.05, 0) is 58.3 Å². The van der Waals surface area contributed by atoms with Crippen LogP contribution in [0.2, 0.25) is 0 Å². The predicted octanol–water partition coefficient (Wildman–Crippen LogP) is 5.43. The smallest absolute Gasteiger partial charge is 0.0622 e. The van der Waals surface area contributed by atoms with Crippen molar-refractivity contribution in [3.63, 3.8) is 0 Å². The first-order chi connectivity index (χ1) is 10.9. The minimum Gasteiger partial charge on any atom is -0.288 e. The van der Waals surface area contributed by atoms with Crippen molar-refractivity contribution in [2.75, 3.05) is 26.2 Å². The first-order valence-corrected chi connectivity index (χ1v) is 10.4. The molecule has 2 aliphatic rings. The van der Waals surface area contributed by atoms with Gasteiger partial charge < -0.3 is 0 Å². The average Bonchev–Trinajstić information content (AvgIpc) is 3.22. The largest absolute Gasteiger partial charge is 0.288 e. The minimum absolute atomic E-state index is 0.787. The molecule has 0 spiro atoms. The second kappa shape index (κ2) is 11.5. The molecule has 0 bridgehead atoms. The molecule has 2 rings (SSSR count). The van der Waals surface area contributed by atoms with E-state index >= 15 is 0 Å². The zero-order valence-corrected chi connectivity index (χ0v) is 15.2. The van der Waals surface area contributed by atoms with Gasteiger partial charge in [-0.25, -0.2) is 0 Å². The second-order valence-electron chi connectivity index (χ2n) is 7.58. The molecule has 2 aliphatic heterocycles. The van der Waals surface area contributed by atoms with Crippen LogP contribution in [0.5, 0.6) is 0 Å². The highest BCUT2D eigenvalue weighted by Gasteiger charge is 2.28. The minimum atomic E-state index is 0.787. The van der Waals surface area contributed by atoms with Crippen LogP contribution in [0, 0.1) is 0 Å². The molecule has 0 aromatic heterocycles. The summed E-state index contributed by atoms with van der Waals surface area (Å²) in [6, 6.07) is 0. The molecule has 2 heterocycles. The van der Waals surface area contributed by atoms with Crippen molar-refractivity contribution in [2.45, 2.75) is 103 Å². The SMILES string of the molecule is CCCCCCCCCCCC(N1CCCC1)N1CCCC1. The Balaban J connectivity index is 1.54. The molecule has 130 valence electrons. The zero-order valence-electron chi connectivity index (χ0n) is 15.2. The van der Waals surface area contributed by atoms with E-state index in [0.717, 1.165) is 6.17 Å². The first-order valence-electron chi connectivity index (χ1n) is 10.4.